The summed E-state index contributed by atoms with van der Waals surface area (Å²) >= 11 is 0. The van der Waals surface area contributed by atoms with Gasteiger partial charge in [-0.25, -0.2) is 4.79 Å². The Bertz CT molecular complexity index is 815. The Morgan fingerprint density at radius 3 is 1.97 bits per heavy atom. The second-order valence-electron chi connectivity index (χ2n) is 7.38. The number of amides is 3. The monoisotopic (exact) mass is 474 g/mol. The molecule has 15 nitrogen and oxygen atoms in total. The minimum Gasteiger partial charge on any atom is -0.481 e. The smallest absolute Gasteiger partial charge is 0.326 e. The SMILES string of the molecule is NC(CCC(=O)O)C(=O)N1CCCC1C(=O)NC(CC(=O)O)C(=O)NC(CC(=O)O)C(=O)O. The average molecular weight is 474 g/mol. The minimum absolute atomic E-state index is 0.132. The first-order chi connectivity index (χ1) is 15.3. The number of hydrogen-bond acceptors (Lipinski definition) is 8. The molecule has 1 aliphatic rings. The van der Waals surface area contributed by atoms with Crippen molar-refractivity contribution in [3.05, 3.63) is 0 Å². The van der Waals surface area contributed by atoms with E-state index in [1.807, 2.05) is 5.32 Å². The van der Waals surface area contributed by atoms with Crippen molar-refractivity contribution >= 4 is 41.6 Å². The molecule has 1 heterocycles. The van der Waals surface area contributed by atoms with Gasteiger partial charge in [-0.1, -0.05) is 0 Å². The molecule has 0 aromatic rings. The largest absolute Gasteiger partial charge is 0.481 e. The van der Waals surface area contributed by atoms with Crippen LogP contribution in [0.4, 0.5) is 0 Å². The Hall–Kier alpha value is -3.75. The highest BCUT2D eigenvalue weighted by Gasteiger charge is 2.38. The summed E-state index contributed by atoms with van der Waals surface area (Å²) in [5.41, 5.74) is 5.71. The molecule has 15 heteroatoms. The topological polar surface area (TPSA) is 254 Å². The van der Waals surface area contributed by atoms with Crippen molar-refractivity contribution in [2.75, 3.05) is 6.54 Å². The highest BCUT2D eigenvalue weighted by molar-refractivity contribution is 5.96. The van der Waals surface area contributed by atoms with Gasteiger partial charge in [0.15, 0.2) is 0 Å². The Morgan fingerprint density at radius 2 is 1.45 bits per heavy atom. The number of carboxylic acids is 4. The van der Waals surface area contributed by atoms with E-state index in [1.165, 1.54) is 0 Å². The van der Waals surface area contributed by atoms with E-state index in [1.54, 1.807) is 0 Å². The predicted octanol–water partition coefficient (Wildman–Crippen LogP) is -2.83. The van der Waals surface area contributed by atoms with Gasteiger partial charge < -0.3 is 41.7 Å². The van der Waals surface area contributed by atoms with Crippen molar-refractivity contribution in [2.45, 2.75) is 62.7 Å². The molecule has 8 N–H and O–H groups in total. The normalized spacial score (nSPS) is 18.0. The zero-order valence-electron chi connectivity index (χ0n) is 17.4. The van der Waals surface area contributed by atoms with Crippen LogP contribution in [0.3, 0.4) is 0 Å². The Morgan fingerprint density at radius 1 is 0.879 bits per heavy atom. The van der Waals surface area contributed by atoms with Gasteiger partial charge >= 0.3 is 23.9 Å². The van der Waals surface area contributed by atoms with Gasteiger partial charge in [0, 0.05) is 13.0 Å². The summed E-state index contributed by atoms with van der Waals surface area (Å²) in [6.45, 7) is 0.132. The first kappa shape index (κ1) is 27.3. The average Bonchev–Trinajstić information content (AvgIpc) is 3.19. The summed E-state index contributed by atoms with van der Waals surface area (Å²) < 4.78 is 0. The molecule has 0 aromatic carbocycles. The number of nitrogens with zero attached hydrogens (tertiary/aromatic N) is 1. The van der Waals surface area contributed by atoms with E-state index in [4.69, 9.17) is 26.2 Å². The Labute approximate surface area is 186 Å². The number of rotatable bonds is 13. The van der Waals surface area contributed by atoms with Crippen LogP contribution < -0.4 is 16.4 Å². The minimum atomic E-state index is -1.86. The van der Waals surface area contributed by atoms with Crippen LogP contribution in [0.25, 0.3) is 0 Å². The molecule has 4 unspecified atom stereocenters. The van der Waals surface area contributed by atoms with Crippen LogP contribution in [0.15, 0.2) is 0 Å². The number of likely N-dealkylation sites (tertiary alicyclic amines) is 1. The summed E-state index contributed by atoms with van der Waals surface area (Å²) in [7, 11) is 0. The van der Waals surface area contributed by atoms with Crippen molar-refractivity contribution < 1.29 is 54.0 Å². The molecule has 4 atom stereocenters. The standard InChI is InChI=1S/C18H26N4O11/c19-8(3-4-12(23)24)17(31)22-5-1-2-11(22)16(30)20-9(6-13(25)26)15(29)21-10(18(32)33)7-14(27)28/h8-11H,1-7,19H2,(H,20,30)(H,21,29)(H,23,24)(H,25,26)(H,27,28)(H,32,33). The summed E-state index contributed by atoms with van der Waals surface area (Å²) in [5.74, 6) is -8.66. The predicted molar refractivity (Wildman–Crippen MR) is 106 cm³/mol. The maximum Gasteiger partial charge on any atom is 0.326 e. The highest BCUT2D eigenvalue weighted by atomic mass is 16.4. The molecule has 1 rings (SSSR count). The van der Waals surface area contributed by atoms with Crippen LogP contribution in [-0.2, 0) is 33.6 Å². The number of carboxylic acid groups (broad SMARTS) is 4. The molecule has 33 heavy (non-hydrogen) atoms. The molecular formula is C18H26N4O11. The van der Waals surface area contributed by atoms with E-state index in [0.29, 0.717) is 6.42 Å². The first-order valence-electron chi connectivity index (χ1n) is 9.88. The van der Waals surface area contributed by atoms with Crippen LogP contribution in [0.1, 0.15) is 38.5 Å². The van der Waals surface area contributed by atoms with Gasteiger partial charge in [-0.15, -0.1) is 0 Å². The van der Waals surface area contributed by atoms with Crippen molar-refractivity contribution in [3.63, 3.8) is 0 Å². The maximum atomic E-state index is 12.7. The van der Waals surface area contributed by atoms with Gasteiger partial charge in [-0.2, -0.15) is 0 Å². The zero-order chi connectivity index (χ0) is 25.3. The van der Waals surface area contributed by atoms with Gasteiger partial charge in [0.1, 0.15) is 18.1 Å². The molecule has 3 amide bonds. The summed E-state index contributed by atoms with van der Waals surface area (Å²) in [6.07, 6.45) is -1.88. The van der Waals surface area contributed by atoms with Gasteiger partial charge in [-0.3, -0.25) is 28.8 Å². The second kappa shape index (κ2) is 12.3. The number of hydrogen-bond donors (Lipinski definition) is 7. The molecule has 0 bridgehead atoms. The lowest BCUT2D eigenvalue weighted by atomic mass is 10.1. The van der Waals surface area contributed by atoms with Crippen molar-refractivity contribution in [2.24, 2.45) is 5.73 Å². The fourth-order valence-electron chi connectivity index (χ4n) is 3.22. The van der Waals surface area contributed by atoms with E-state index in [9.17, 15) is 33.6 Å². The van der Waals surface area contributed by atoms with E-state index in [-0.39, 0.29) is 25.8 Å². The maximum absolute atomic E-state index is 12.7. The van der Waals surface area contributed by atoms with E-state index < -0.39 is 78.6 Å². The Balaban J connectivity index is 2.91. The van der Waals surface area contributed by atoms with Crippen molar-refractivity contribution in [1.29, 1.82) is 0 Å². The Kier molecular flexibility index (Phi) is 10.2. The van der Waals surface area contributed by atoms with Crippen molar-refractivity contribution in [3.8, 4) is 0 Å². The second-order valence-corrected chi connectivity index (χ2v) is 7.38. The molecule has 0 aliphatic carbocycles. The van der Waals surface area contributed by atoms with Crippen LogP contribution in [0.2, 0.25) is 0 Å². The van der Waals surface area contributed by atoms with Crippen LogP contribution >= 0.6 is 0 Å². The molecule has 0 saturated carbocycles. The van der Waals surface area contributed by atoms with Gasteiger partial charge in [0.25, 0.3) is 0 Å². The lowest BCUT2D eigenvalue weighted by Crippen LogP contribution is -2.57. The van der Waals surface area contributed by atoms with Gasteiger partial charge in [0.05, 0.1) is 18.9 Å². The third kappa shape index (κ3) is 8.72. The lowest BCUT2D eigenvalue weighted by molar-refractivity contribution is -0.148. The lowest BCUT2D eigenvalue weighted by Gasteiger charge is -2.28. The van der Waals surface area contributed by atoms with Gasteiger partial charge in [0.2, 0.25) is 17.7 Å². The molecule has 1 aliphatic heterocycles. The number of nitrogens with two attached hydrogens (primary N) is 1. The fourth-order valence-corrected chi connectivity index (χ4v) is 3.22. The van der Waals surface area contributed by atoms with E-state index in [0.717, 1.165) is 4.90 Å². The van der Waals surface area contributed by atoms with E-state index in [2.05, 4.69) is 5.32 Å². The fraction of sp³-hybridized carbons (Fsp3) is 0.611. The molecular weight excluding hydrogens is 448 g/mol. The van der Waals surface area contributed by atoms with Crippen LogP contribution in [0, 0.1) is 0 Å². The number of carbonyl (C=O) groups excluding carboxylic acids is 3. The molecule has 1 saturated heterocycles. The molecule has 0 aromatic heterocycles. The molecule has 0 spiro atoms. The highest BCUT2D eigenvalue weighted by Crippen LogP contribution is 2.19. The number of carbonyl (C=O) groups is 7. The summed E-state index contributed by atoms with van der Waals surface area (Å²) in [4.78, 5) is 82.5. The molecule has 0 radical (unpaired) electrons. The summed E-state index contributed by atoms with van der Waals surface area (Å²) in [5, 5.41) is 39.6. The van der Waals surface area contributed by atoms with Crippen molar-refractivity contribution in [1.82, 2.24) is 15.5 Å². The zero-order valence-corrected chi connectivity index (χ0v) is 17.4. The van der Waals surface area contributed by atoms with Gasteiger partial charge in [-0.05, 0) is 19.3 Å². The molecule has 1 fully saturated rings. The summed E-state index contributed by atoms with van der Waals surface area (Å²) in [6, 6.07) is -5.89. The van der Waals surface area contributed by atoms with Crippen LogP contribution in [0.5, 0.6) is 0 Å². The number of nitrogens with one attached hydrogen (secondary N) is 2. The third-order valence-electron chi connectivity index (χ3n) is 4.83. The first-order valence-corrected chi connectivity index (χ1v) is 9.88. The number of aliphatic carboxylic acids is 4. The quantitative estimate of drug-likeness (QED) is 0.143. The third-order valence-corrected chi connectivity index (χ3v) is 4.83. The van der Waals surface area contributed by atoms with E-state index >= 15 is 0 Å². The van der Waals surface area contributed by atoms with Crippen LogP contribution in [-0.4, -0.2) is 97.6 Å². The molecule has 184 valence electrons.